The van der Waals surface area contributed by atoms with Crippen molar-refractivity contribution in [2.75, 3.05) is 26.7 Å². The maximum atomic E-state index is 12.8. The molecule has 2 saturated heterocycles. The number of carbonyl (C=O) groups is 3. The Labute approximate surface area is 158 Å². The third kappa shape index (κ3) is 3.29. The van der Waals surface area contributed by atoms with E-state index in [9.17, 15) is 19.5 Å². The molecule has 8 heteroatoms. The molecule has 1 aromatic rings. The molecule has 0 aromatic carbocycles. The molecule has 1 N–H and O–H groups in total. The highest BCUT2D eigenvalue weighted by molar-refractivity contribution is 6.07. The van der Waals surface area contributed by atoms with Crippen molar-refractivity contribution < 1.29 is 19.5 Å². The van der Waals surface area contributed by atoms with Crippen molar-refractivity contribution in [3.05, 3.63) is 29.6 Å². The molecule has 1 aromatic heterocycles. The number of carbonyl (C=O) groups excluding carboxylic acids is 3. The van der Waals surface area contributed by atoms with Gasteiger partial charge in [0.2, 0.25) is 0 Å². The summed E-state index contributed by atoms with van der Waals surface area (Å²) in [7, 11) is 1.52. The molecule has 1 spiro atoms. The predicted octanol–water partition coefficient (Wildman–Crippen LogP) is 1.10. The molecule has 27 heavy (non-hydrogen) atoms. The first-order chi connectivity index (χ1) is 12.8. The van der Waals surface area contributed by atoms with E-state index in [0.717, 1.165) is 0 Å². The third-order valence-electron chi connectivity index (χ3n) is 5.39. The Bertz CT molecular complexity index is 756. The van der Waals surface area contributed by atoms with Gasteiger partial charge >= 0.3 is 6.03 Å². The van der Waals surface area contributed by atoms with Crippen LogP contribution in [0.25, 0.3) is 0 Å². The summed E-state index contributed by atoms with van der Waals surface area (Å²) in [5.74, 6) is -0.156. The Morgan fingerprint density at radius 3 is 2.56 bits per heavy atom. The molecule has 2 aliphatic rings. The molecule has 0 radical (unpaired) electrons. The largest absolute Gasteiger partial charge is 0.392 e. The first-order valence-corrected chi connectivity index (χ1v) is 9.25. The third-order valence-corrected chi connectivity index (χ3v) is 5.39. The van der Waals surface area contributed by atoms with Crippen LogP contribution in [0, 0.1) is 5.92 Å². The van der Waals surface area contributed by atoms with Crippen LogP contribution in [0.4, 0.5) is 4.79 Å². The fourth-order valence-electron chi connectivity index (χ4n) is 3.91. The SMILES string of the molecule is CC(C)CN1C(=O)N(C)C(=O)C12CCN(C(=O)c1cc(CO)ccn1)CC2. The molecule has 0 atom stereocenters. The Morgan fingerprint density at radius 1 is 1.30 bits per heavy atom. The number of aromatic nitrogens is 1. The highest BCUT2D eigenvalue weighted by Crippen LogP contribution is 2.37. The summed E-state index contributed by atoms with van der Waals surface area (Å²) in [6.07, 6.45) is 2.34. The van der Waals surface area contributed by atoms with Crippen molar-refractivity contribution in [1.29, 1.82) is 0 Å². The lowest BCUT2D eigenvalue weighted by Gasteiger charge is -2.42. The van der Waals surface area contributed by atoms with Crippen LogP contribution in [0.2, 0.25) is 0 Å². The molecule has 0 aliphatic carbocycles. The lowest BCUT2D eigenvalue weighted by molar-refractivity contribution is -0.134. The molecular formula is C19H26N4O4. The number of likely N-dealkylation sites (N-methyl/N-ethyl adjacent to an activating group) is 1. The average Bonchev–Trinajstić information content (AvgIpc) is 2.84. The number of rotatable bonds is 4. The molecule has 146 valence electrons. The van der Waals surface area contributed by atoms with E-state index in [4.69, 9.17) is 0 Å². The summed E-state index contributed by atoms with van der Waals surface area (Å²) in [6, 6.07) is 2.98. The first kappa shape index (κ1) is 19.3. The summed E-state index contributed by atoms with van der Waals surface area (Å²) in [5, 5.41) is 9.24. The van der Waals surface area contributed by atoms with E-state index in [-0.39, 0.29) is 36.1 Å². The Balaban J connectivity index is 1.77. The topological polar surface area (TPSA) is 94.1 Å². The summed E-state index contributed by atoms with van der Waals surface area (Å²) in [5.41, 5.74) is 0.0541. The van der Waals surface area contributed by atoms with E-state index in [2.05, 4.69) is 4.98 Å². The molecule has 3 rings (SSSR count). The Hall–Kier alpha value is -2.48. The van der Waals surface area contributed by atoms with Gasteiger partial charge < -0.3 is 14.9 Å². The predicted molar refractivity (Wildman–Crippen MR) is 97.7 cm³/mol. The second-order valence-electron chi connectivity index (χ2n) is 7.68. The quantitative estimate of drug-likeness (QED) is 0.797. The minimum atomic E-state index is -0.854. The van der Waals surface area contributed by atoms with Gasteiger partial charge in [-0.1, -0.05) is 13.8 Å². The first-order valence-electron chi connectivity index (χ1n) is 9.25. The van der Waals surface area contributed by atoms with Gasteiger partial charge in [-0.15, -0.1) is 0 Å². The summed E-state index contributed by atoms with van der Waals surface area (Å²) < 4.78 is 0. The number of amides is 4. The minimum Gasteiger partial charge on any atom is -0.392 e. The van der Waals surface area contributed by atoms with Crippen molar-refractivity contribution in [3.63, 3.8) is 0 Å². The molecule has 4 amide bonds. The summed E-state index contributed by atoms with van der Waals surface area (Å²) in [6.45, 7) is 5.16. The number of piperidine rings is 1. The van der Waals surface area contributed by atoms with E-state index >= 15 is 0 Å². The van der Waals surface area contributed by atoms with Crippen LogP contribution in [-0.2, 0) is 11.4 Å². The number of aliphatic hydroxyl groups is 1. The smallest absolute Gasteiger partial charge is 0.327 e. The molecular weight excluding hydrogens is 348 g/mol. The normalized spacial score (nSPS) is 19.5. The van der Waals surface area contributed by atoms with Gasteiger partial charge in [0.25, 0.3) is 11.8 Å². The van der Waals surface area contributed by atoms with Gasteiger partial charge in [-0.3, -0.25) is 19.5 Å². The molecule has 0 bridgehead atoms. The van der Waals surface area contributed by atoms with Crippen molar-refractivity contribution in [2.45, 2.75) is 38.8 Å². The van der Waals surface area contributed by atoms with E-state index in [1.54, 1.807) is 21.9 Å². The van der Waals surface area contributed by atoms with Crippen molar-refractivity contribution in [3.8, 4) is 0 Å². The lowest BCUT2D eigenvalue weighted by atomic mass is 9.85. The zero-order valence-corrected chi connectivity index (χ0v) is 16.0. The lowest BCUT2D eigenvalue weighted by Crippen LogP contribution is -2.58. The number of likely N-dealkylation sites (tertiary alicyclic amines) is 1. The van der Waals surface area contributed by atoms with Crippen molar-refractivity contribution >= 4 is 17.8 Å². The summed E-state index contributed by atoms with van der Waals surface area (Å²) >= 11 is 0. The van der Waals surface area contributed by atoms with E-state index in [0.29, 0.717) is 38.0 Å². The number of urea groups is 1. The van der Waals surface area contributed by atoms with Crippen LogP contribution in [0.1, 0.15) is 42.7 Å². The molecule has 3 heterocycles. The summed E-state index contributed by atoms with van der Waals surface area (Å²) in [4.78, 5) is 46.8. The van der Waals surface area contributed by atoms with Gasteiger partial charge in [0, 0.05) is 32.9 Å². The number of nitrogens with zero attached hydrogens (tertiary/aromatic N) is 4. The van der Waals surface area contributed by atoms with Crippen LogP contribution in [-0.4, -0.2) is 74.9 Å². The maximum absolute atomic E-state index is 12.8. The number of aliphatic hydroxyl groups excluding tert-OH is 1. The van der Waals surface area contributed by atoms with Gasteiger partial charge in [0.05, 0.1) is 6.61 Å². The van der Waals surface area contributed by atoms with Gasteiger partial charge in [-0.05, 0) is 36.5 Å². The van der Waals surface area contributed by atoms with Gasteiger partial charge in [0.1, 0.15) is 11.2 Å². The van der Waals surface area contributed by atoms with Crippen molar-refractivity contribution in [2.24, 2.45) is 5.92 Å². The van der Waals surface area contributed by atoms with Crippen LogP contribution in [0.3, 0.4) is 0 Å². The van der Waals surface area contributed by atoms with Crippen LogP contribution in [0.15, 0.2) is 18.3 Å². The second kappa shape index (κ2) is 7.26. The monoisotopic (exact) mass is 374 g/mol. The Morgan fingerprint density at radius 2 is 1.96 bits per heavy atom. The van der Waals surface area contributed by atoms with Gasteiger partial charge in [0.15, 0.2) is 0 Å². The fraction of sp³-hybridized carbons (Fsp3) is 0.579. The number of hydrogen-bond acceptors (Lipinski definition) is 5. The number of pyridine rings is 1. The van der Waals surface area contributed by atoms with Crippen LogP contribution in [0.5, 0.6) is 0 Å². The minimum absolute atomic E-state index is 0.154. The van der Waals surface area contributed by atoms with Crippen LogP contribution < -0.4 is 0 Å². The highest BCUT2D eigenvalue weighted by Gasteiger charge is 2.57. The maximum Gasteiger partial charge on any atom is 0.327 e. The standard InChI is InChI=1S/C19H26N4O4/c1-13(2)11-23-18(27)21(3)17(26)19(23)5-8-22(9-6-19)16(25)15-10-14(12-24)4-7-20-15/h4,7,10,13,24H,5-6,8-9,11-12H2,1-3H3. The Kier molecular flexibility index (Phi) is 5.19. The van der Waals surface area contributed by atoms with Crippen molar-refractivity contribution in [1.82, 2.24) is 19.7 Å². The van der Waals surface area contributed by atoms with E-state index < -0.39 is 5.54 Å². The second-order valence-corrected chi connectivity index (χ2v) is 7.68. The van der Waals surface area contributed by atoms with E-state index in [1.807, 2.05) is 13.8 Å². The number of imide groups is 1. The fourth-order valence-corrected chi connectivity index (χ4v) is 3.91. The number of hydrogen-bond donors (Lipinski definition) is 1. The highest BCUT2D eigenvalue weighted by atomic mass is 16.3. The molecule has 8 nitrogen and oxygen atoms in total. The zero-order valence-electron chi connectivity index (χ0n) is 16.0. The molecule has 2 aliphatic heterocycles. The van der Waals surface area contributed by atoms with Crippen LogP contribution >= 0.6 is 0 Å². The molecule has 2 fully saturated rings. The molecule has 0 unspecified atom stereocenters. The average molecular weight is 374 g/mol. The van der Waals surface area contributed by atoms with Gasteiger partial charge in [-0.2, -0.15) is 0 Å². The zero-order chi connectivity index (χ0) is 19.8. The molecule has 0 saturated carbocycles. The van der Waals surface area contributed by atoms with Gasteiger partial charge in [-0.25, -0.2) is 4.79 Å². The van der Waals surface area contributed by atoms with E-state index in [1.165, 1.54) is 18.1 Å².